The summed E-state index contributed by atoms with van der Waals surface area (Å²) in [4.78, 5) is 48.1. The van der Waals surface area contributed by atoms with Crippen molar-refractivity contribution in [2.45, 2.75) is 161 Å². The number of amides is 1. The molecule has 0 aromatic heterocycles. The van der Waals surface area contributed by atoms with Crippen molar-refractivity contribution < 1.29 is 52.1 Å². The molecule has 3 aliphatic rings. The van der Waals surface area contributed by atoms with E-state index in [4.69, 9.17) is 23.1 Å². The maximum absolute atomic E-state index is 12.0. The second-order valence-electron chi connectivity index (χ2n) is 18.9. The summed E-state index contributed by atoms with van der Waals surface area (Å²) in [6, 6.07) is -1.26. The summed E-state index contributed by atoms with van der Waals surface area (Å²) in [5, 5.41) is 16.6. The molecule has 316 valence electrons. The van der Waals surface area contributed by atoms with Gasteiger partial charge in [-0.3, -0.25) is 14.5 Å². The molecule has 9 atom stereocenters. The average molecular weight is 806 g/mol. The predicted octanol–water partition coefficient (Wildman–Crippen LogP) is 5.09. The van der Waals surface area contributed by atoms with Gasteiger partial charge < -0.3 is 43.5 Å². The smallest absolute Gasteiger partial charge is 0.411 e. The number of nitrogens with one attached hydrogen (secondary N) is 2. The Morgan fingerprint density at radius 2 is 0.981 bits per heavy atom. The lowest BCUT2D eigenvalue weighted by atomic mass is 10.0. The summed E-state index contributed by atoms with van der Waals surface area (Å²) in [6.07, 6.45) is -1.15. The fourth-order valence-corrected chi connectivity index (χ4v) is 8.68. The van der Waals surface area contributed by atoms with Crippen LogP contribution < -0.4 is 10.6 Å². The van der Waals surface area contributed by atoms with Gasteiger partial charge in [0.05, 0.1) is 46.2 Å². The molecule has 16 heteroatoms. The summed E-state index contributed by atoms with van der Waals surface area (Å²) in [6.45, 7) is 34.9. The molecule has 3 rings (SSSR count). The number of hydrogen-bond donors (Lipinski definition) is 3. The zero-order chi connectivity index (χ0) is 42.4. The highest BCUT2D eigenvalue weighted by atomic mass is 28.4. The normalized spacial score (nSPS) is 29.0. The van der Waals surface area contributed by atoms with Gasteiger partial charge in [0.2, 0.25) is 0 Å². The fraction of sp³-hybridized carbons (Fsp3) is 0.895. The molecule has 3 heterocycles. The minimum Gasteiger partial charge on any atom is -0.468 e. The summed E-state index contributed by atoms with van der Waals surface area (Å²) < 4.78 is 32.2. The maximum Gasteiger partial charge on any atom is 0.411 e. The third kappa shape index (κ3) is 13.3. The van der Waals surface area contributed by atoms with Gasteiger partial charge in [-0.05, 0) is 57.0 Å². The molecule has 0 aliphatic carbocycles. The van der Waals surface area contributed by atoms with Crippen molar-refractivity contribution in [1.82, 2.24) is 15.5 Å². The van der Waals surface area contributed by atoms with Crippen LogP contribution in [0.15, 0.2) is 0 Å². The van der Waals surface area contributed by atoms with E-state index in [0.29, 0.717) is 0 Å². The highest BCUT2D eigenvalue weighted by Gasteiger charge is 2.48. The van der Waals surface area contributed by atoms with Crippen LogP contribution in [0.5, 0.6) is 0 Å². The topological polar surface area (TPSA) is 171 Å². The van der Waals surface area contributed by atoms with Gasteiger partial charge in [-0.25, -0.2) is 9.59 Å². The summed E-state index contributed by atoms with van der Waals surface area (Å²) >= 11 is 0. The van der Waals surface area contributed by atoms with Crippen molar-refractivity contribution in [3.63, 3.8) is 0 Å². The van der Waals surface area contributed by atoms with Gasteiger partial charge in [0.25, 0.3) is 0 Å². The number of β-amino-alcohol motifs (C(OH)–C–C–N with tert-alkyl or cyclic N) is 1. The van der Waals surface area contributed by atoms with Crippen molar-refractivity contribution >= 4 is 40.6 Å². The van der Waals surface area contributed by atoms with Gasteiger partial charge in [-0.2, -0.15) is 0 Å². The maximum atomic E-state index is 12.0. The SMILES string of the molecule is COC(=O)[C@@H]1NC[C@H](O[Si](C)(C)C(C)(C)C)[C@H]1C.COC(=O)[C@@H]1[C@H](C)[C@@H](O)CN1C(=O)OC(C)(C)C.COC(=O)[C@H]1NC[C@H](O[Si](C)(C)C(C)(C)C)[C@H]1C. The molecule has 3 aliphatic heterocycles. The van der Waals surface area contributed by atoms with Crippen LogP contribution in [-0.2, 0) is 42.2 Å². The zero-order valence-electron chi connectivity index (χ0n) is 36.8. The molecule has 0 unspecified atom stereocenters. The van der Waals surface area contributed by atoms with Crippen molar-refractivity contribution in [2.24, 2.45) is 17.8 Å². The molecule has 0 aromatic rings. The molecule has 54 heavy (non-hydrogen) atoms. The first-order chi connectivity index (χ1) is 24.4. The van der Waals surface area contributed by atoms with Crippen molar-refractivity contribution in [2.75, 3.05) is 41.0 Å². The van der Waals surface area contributed by atoms with E-state index < -0.39 is 46.4 Å². The number of aliphatic hydroxyl groups is 1. The van der Waals surface area contributed by atoms with Crippen molar-refractivity contribution in [3.8, 4) is 0 Å². The molecule has 3 fully saturated rings. The van der Waals surface area contributed by atoms with Crippen LogP contribution in [0.25, 0.3) is 0 Å². The van der Waals surface area contributed by atoms with Gasteiger partial charge in [-0.1, -0.05) is 62.3 Å². The lowest BCUT2D eigenvalue weighted by Crippen LogP contribution is -2.46. The molecule has 3 N–H and O–H groups in total. The van der Waals surface area contributed by atoms with E-state index in [-0.39, 0.29) is 70.6 Å². The van der Waals surface area contributed by atoms with Crippen LogP contribution >= 0.6 is 0 Å². The first-order valence-electron chi connectivity index (χ1n) is 19.1. The number of ether oxygens (including phenoxy) is 4. The van der Waals surface area contributed by atoms with Gasteiger partial charge in [-0.15, -0.1) is 0 Å². The lowest BCUT2D eigenvalue weighted by Gasteiger charge is -2.39. The number of aliphatic hydroxyl groups excluding tert-OH is 1. The Labute approximate surface area is 327 Å². The largest absolute Gasteiger partial charge is 0.468 e. The Hall–Kier alpha value is -2.09. The zero-order valence-corrected chi connectivity index (χ0v) is 38.8. The first kappa shape index (κ1) is 49.9. The number of methoxy groups -OCH3 is 3. The molecule has 0 radical (unpaired) electrons. The van der Waals surface area contributed by atoms with Crippen LogP contribution in [-0.4, -0.2) is 134 Å². The lowest BCUT2D eigenvalue weighted by molar-refractivity contribution is -0.147. The third-order valence-electron chi connectivity index (χ3n) is 11.6. The van der Waals surface area contributed by atoms with Crippen LogP contribution in [0.1, 0.15) is 83.1 Å². The highest BCUT2D eigenvalue weighted by Crippen LogP contribution is 2.40. The van der Waals surface area contributed by atoms with Gasteiger partial charge in [0.15, 0.2) is 16.6 Å². The number of esters is 3. The first-order valence-corrected chi connectivity index (χ1v) is 24.9. The standard InChI is InChI=1S/2C13H27NO3Si.C12H21NO5/c2*1-9-10(8-14-11(9)12(15)16-5)17-18(6,7)13(2,3)4;1-7-8(14)6-13(9(7)10(15)17-5)11(16)18-12(2,3)4/h2*9-11,14H,8H2,1-7H3;7-9,14H,6H2,1-5H3/t9-,10+,11+;9-,10+,11-;7-,8+,9+/m111/s1. The summed E-state index contributed by atoms with van der Waals surface area (Å²) in [5.41, 5.74) is -0.644. The minimum atomic E-state index is -1.78. The number of rotatable bonds is 7. The van der Waals surface area contributed by atoms with E-state index in [9.17, 15) is 24.3 Å². The molecule has 0 saturated carbocycles. The highest BCUT2D eigenvalue weighted by molar-refractivity contribution is 6.74. The molecule has 0 aromatic carbocycles. The Kier molecular flexibility index (Phi) is 17.9. The van der Waals surface area contributed by atoms with Crippen LogP contribution in [0.3, 0.4) is 0 Å². The summed E-state index contributed by atoms with van der Waals surface area (Å²) in [5.74, 6) is -0.972. The predicted molar refractivity (Wildman–Crippen MR) is 214 cm³/mol. The van der Waals surface area contributed by atoms with E-state index in [1.165, 1.54) is 26.2 Å². The molecule has 14 nitrogen and oxygen atoms in total. The van der Waals surface area contributed by atoms with Crippen LogP contribution in [0, 0.1) is 17.8 Å². The van der Waals surface area contributed by atoms with E-state index in [0.717, 1.165) is 13.1 Å². The molecular formula is C38H75N3O11Si2. The molecule has 3 saturated heterocycles. The Bertz CT molecular complexity index is 1200. The van der Waals surface area contributed by atoms with E-state index in [2.05, 4.69) is 96.9 Å². The average Bonchev–Trinajstić information content (AvgIpc) is 3.68. The number of hydrogen-bond acceptors (Lipinski definition) is 13. The van der Waals surface area contributed by atoms with E-state index in [1.54, 1.807) is 27.7 Å². The van der Waals surface area contributed by atoms with E-state index >= 15 is 0 Å². The van der Waals surface area contributed by atoms with Gasteiger partial charge in [0.1, 0.15) is 23.7 Å². The Morgan fingerprint density at radius 1 is 0.630 bits per heavy atom. The monoisotopic (exact) mass is 805 g/mol. The molecule has 0 bridgehead atoms. The Morgan fingerprint density at radius 3 is 1.28 bits per heavy atom. The van der Waals surface area contributed by atoms with Gasteiger partial charge in [0, 0.05) is 30.8 Å². The number of carbonyl (C=O) groups excluding carboxylic acids is 4. The number of likely N-dealkylation sites (tertiary alicyclic amines) is 1. The Balaban J connectivity index is 0.000000405. The second kappa shape index (κ2) is 19.4. The third-order valence-corrected chi connectivity index (χ3v) is 20.6. The van der Waals surface area contributed by atoms with Crippen LogP contribution in [0.4, 0.5) is 4.79 Å². The fourth-order valence-electron chi connectivity index (χ4n) is 5.86. The number of nitrogens with zero attached hydrogens (tertiary/aromatic N) is 1. The number of carbonyl (C=O) groups is 4. The quantitative estimate of drug-likeness (QED) is 0.177. The molecule has 0 spiro atoms. The summed E-state index contributed by atoms with van der Waals surface area (Å²) in [7, 11) is 0.559. The van der Waals surface area contributed by atoms with Gasteiger partial charge >= 0.3 is 24.0 Å². The minimum absolute atomic E-state index is 0.0792. The van der Waals surface area contributed by atoms with Crippen molar-refractivity contribution in [3.05, 3.63) is 0 Å². The molecular weight excluding hydrogens is 731 g/mol. The van der Waals surface area contributed by atoms with Crippen LogP contribution in [0.2, 0.25) is 36.3 Å². The van der Waals surface area contributed by atoms with Crippen molar-refractivity contribution in [1.29, 1.82) is 0 Å². The van der Waals surface area contributed by atoms with E-state index in [1.807, 2.05) is 0 Å². The molecule has 1 amide bonds. The second-order valence-corrected chi connectivity index (χ2v) is 28.4.